The fourth-order valence-corrected chi connectivity index (χ4v) is 2.12. The Hall–Kier alpha value is -2.25. The van der Waals surface area contributed by atoms with Crippen LogP contribution in [0.1, 0.15) is 15.9 Å². The molecule has 8 heteroatoms. The van der Waals surface area contributed by atoms with Gasteiger partial charge in [-0.05, 0) is 18.2 Å². The van der Waals surface area contributed by atoms with Crippen LogP contribution in [0.2, 0.25) is 0 Å². The van der Waals surface area contributed by atoms with E-state index in [2.05, 4.69) is 0 Å². The molecule has 0 radical (unpaired) electrons. The number of hydrogen-bond acceptors (Lipinski definition) is 3. The van der Waals surface area contributed by atoms with Crippen LogP contribution >= 0.6 is 0 Å². The molecule has 0 aliphatic carbocycles. The van der Waals surface area contributed by atoms with Gasteiger partial charge in [0, 0.05) is 20.1 Å². The number of carboxylic acid groups (broad SMARTS) is 1. The molecular formula is C13H13F3N2O3. The first-order valence-electron chi connectivity index (χ1n) is 6.13. The molecule has 1 N–H and O–H groups in total. The molecule has 1 aliphatic heterocycles. The zero-order valence-electron chi connectivity index (χ0n) is 11.1. The van der Waals surface area contributed by atoms with Crippen LogP contribution in [0.4, 0.5) is 18.9 Å². The Labute approximate surface area is 118 Å². The van der Waals surface area contributed by atoms with Gasteiger partial charge >= 0.3 is 12.1 Å². The highest BCUT2D eigenvalue weighted by Gasteiger charge is 2.33. The third kappa shape index (κ3) is 3.09. The highest BCUT2D eigenvalue weighted by atomic mass is 19.4. The van der Waals surface area contributed by atoms with Crippen molar-refractivity contribution in [3.05, 3.63) is 29.3 Å². The van der Waals surface area contributed by atoms with Gasteiger partial charge in [-0.25, -0.2) is 4.79 Å². The summed E-state index contributed by atoms with van der Waals surface area (Å²) in [5.74, 6) is -1.67. The summed E-state index contributed by atoms with van der Waals surface area (Å²) >= 11 is 0. The summed E-state index contributed by atoms with van der Waals surface area (Å²) in [6.45, 7) is 0.703. The first kappa shape index (κ1) is 15.1. The Kier molecular flexibility index (Phi) is 3.80. The molecule has 1 heterocycles. The highest BCUT2D eigenvalue weighted by Crippen LogP contribution is 2.33. The number of rotatable bonds is 2. The van der Waals surface area contributed by atoms with Gasteiger partial charge in [0.15, 0.2) is 0 Å². The molecule has 0 aromatic heterocycles. The van der Waals surface area contributed by atoms with Gasteiger partial charge in [0.2, 0.25) is 5.91 Å². The van der Waals surface area contributed by atoms with E-state index in [9.17, 15) is 22.8 Å². The number of anilines is 1. The summed E-state index contributed by atoms with van der Waals surface area (Å²) in [6, 6.07) is 2.52. The molecule has 114 valence electrons. The molecule has 2 rings (SSSR count). The monoisotopic (exact) mass is 302 g/mol. The average Bonchev–Trinajstić information content (AvgIpc) is 2.40. The van der Waals surface area contributed by atoms with Crippen LogP contribution < -0.4 is 4.90 Å². The number of benzene rings is 1. The molecule has 0 saturated carbocycles. The molecule has 1 saturated heterocycles. The molecule has 1 aromatic rings. The van der Waals surface area contributed by atoms with E-state index in [1.165, 1.54) is 9.80 Å². The Bertz CT molecular complexity index is 587. The summed E-state index contributed by atoms with van der Waals surface area (Å²) in [5, 5.41) is 9.12. The third-order valence-electron chi connectivity index (χ3n) is 3.35. The van der Waals surface area contributed by atoms with Crippen LogP contribution in [-0.4, -0.2) is 48.6 Å². The van der Waals surface area contributed by atoms with Crippen molar-refractivity contribution in [3.8, 4) is 0 Å². The second kappa shape index (κ2) is 5.27. The second-order valence-corrected chi connectivity index (χ2v) is 4.77. The van der Waals surface area contributed by atoms with Crippen molar-refractivity contribution in [1.29, 1.82) is 0 Å². The highest BCUT2D eigenvalue weighted by molar-refractivity contribution is 5.96. The first-order chi connectivity index (χ1) is 9.70. The quantitative estimate of drug-likeness (QED) is 0.903. The van der Waals surface area contributed by atoms with Gasteiger partial charge in [0.1, 0.15) is 0 Å². The van der Waals surface area contributed by atoms with Crippen molar-refractivity contribution in [2.45, 2.75) is 6.18 Å². The number of carboxylic acids is 1. The fraction of sp³-hybridized carbons (Fsp3) is 0.385. The van der Waals surface area contributed by atoms with Gasteiger partial charge in [-0.2, -0.15) is 13.2 Å². The predicted molar refractivity (Wildman–Crippen MR) is 68.3 cm³/mol. The molecular weight excluding hydrogens is 289 g/mol. The van der Waals surface area contributed by atoms with Crippen LogP contribution in [0.15, 0.2) is 18.2 Å². The summed E-state index contributed by atoms with van der Waals surface area (Å²) in [5.41, 5.74) is -1.36. The molecule has 1 amide bonds. The van der Waals surface area contributed by atoms with Crippen LogP contribution in [0.25, 0.3) is 0 Å². The van der Waals surface area contributed by atoms with E-state index in [0.717, 1.165) is 12.1 Å². The number of piperazine rings is 1. The number of hydrogen-bond donors (Lipinski definition) is 1. The van der Waals surface area contributed by atoms with Crippen molar-refractivity contribution >= 4 is 17.6 Å². The molecule has 0 bridgehead atoms. The predicted octanol–water partition coefficient (Wildman–Crippen LogP) is 1.68. The second-order valence-electron chi connectivity index (χ2n) is 4.77. The summed E-state index contributed by atoms with van der Waals surface area (Å²) < 4.78 is 38.0. The number of likely N-dealkylation sites (N-methyl/N-ethyl adjacent to an activating group) is 1. The van der Waals surface area contributed by atoms with E-state index in [1.54, 1.807) is 7.05 Å². The number of halogens is 3. The van der Waals surface area contributed by atoms with Crippen molar-refractivity contribution in [2.75, 3.05) is 31.6 Å². The van der Waals surface area contributed by atoms with Gasteiger partial charge in [0.05, 0.1) is 23.4 Å². The SMILES string of the molecule is CN1CCN(c2ccc(C(F)(F)F)cc2C(=O)O)CC1=O. The molecule has 1 fully saturated rings. The zero-order chi connectivity index (χ0) is 15.8. The van der Waals surface area contributed by atoms with Crippen LogP contribution in [0, 0.1) is 0 Å². The Morgan fingerprint density at radius 3 is 2.48 bits per heavy atom. The van der Waals surface area contributed by atoms with E-state index < -0.39 is 23.3 Å². The Morgan fingerprint density at radius 2 is 1.95 bits per heavy atom. The summed E-state index contributed by atoms with van der Waals surface area (Å²) in [4.78, 5) is 25.8. The molecule has 5 nitrogen and oxygen atoms in total. The lowest BCUT2D eigenvalue weighted by molar-refractivity contribution is -0.137. The maximum Gasteiger partial charge on any atom is 0.416 e. The van der Waals surface area contributed by atoms with Crippen LogP contribution in [-0.2, 0) is 11.0 Å². The smallest absolute Gasteiger partial charge is 0.416 e. The van der Waals surface area contributed by atoms with Gasteiger partial charge in [-0.1, -0.05) is 0 Å². The van der Waals surface area contributed by atoms with E-state index in [1.807, 2.05) is 0 Å². The standard InChI is InChI=1S/C13H13F3N2O3/c1-17-4-5-18(7-11(17)19)10-3-2-8(13(14,15)16)6-9(10)12(20)21/h2-3,6H,4-5,7H2,1H3,(H,20,21). The number of aromatic carboxylic acids is 1. The lowest BCUT2D eigenvalue weighted by atomic mass is 10.1. The maximum absolute atomic E-state index is 12.7. The van der Waals surface area contributed by atoms with Gasteiger partial charge in [-0.3, -0.25) is 4.79 Å². The fourth-order valence-electron chi connectivity index (χ4n) is 2.12. The van der Waals surface area contributed by atoms with Crippen molar-refractivity contribution in [1.82, 2.24) is 4.90 Å². The topological polar surface area (TPSA) is 60.9 Å². The molecule has 0 unspecified atom stereocenters. The molecule has 0 atom stereocenters. The minimum absolute atomic E-state index is 0.0534. The summed E-state index contributed by atoms with van der Waals surface area (Å²) in [6.07, 6.45) is -4.61. The normalized spacial score (nSPS) is 16.3. The number of carbonyl (C=O) groups excluding carboxylic acids is 1. The van der Waals surface area contributed by atoms with E-state index >= 15 is 0 Å². The number of alkyl halides is 3. The number of amides is 1. The van der Waals surface area contributed by atoms with E-state index in [0.29, 0.717) is 19.2 Å². The number of nitrogens with zero attached hydrogens (tertiary/aromatic N) is 2. The lowest BCUT2D eigenvalue weighted by Gasteiger charge is -2.34. The summed E-state index contributed by atoms with van der Waals surface area (Å²) in [7, 11) is 1.62. The van der Waals surface area contributed by atoms with Crippen LogP contribution in [0.5, 0.6) is 0 Å². The van der Waals surface area contributed by atoms with Gasteiger partial charge < -0.3 is 14.9 Å². The molecule has 21 heavy (non-hydrogen) atoms. The van der Waals surface area contributed by atoms with Gasteiger partial charge in [0.25, 0.3) is 0 Å². The minimum Gasteiger partial charge on any atom is -0.478 e. The first-order valence-corrected chi connectivity index (χ1v) is 6.13. The zero-order valence-corrected chi connectivity index (χ0v) is 11.1. The molecule has 1 aromatic carbocycles. The Balaban J connectivity index is 2.40. The third-order valence-corrected chi connectivity index (χ3v) is 3.35. The van der Waals surface area contributed by atoms with Gasteiger partial charge in [-0.15, -0.1) is 0 Å². The minimum atomic E-state index is -4.61. The van der Waals surface area contributed by atoms with E-state index in [-0.39, 0.29) is 18.1 Å². The maximum atomic E-state index is 12.7. The Morgan fingerprint density at radius 1 is 1.29 bits per heavy atom. The van der Waals surface area contributed by atoms with Crippen molar-refractivity contribution in [2.24, 2.45) is 0 Å². The average molecular weight is 302 g/mol. The lowest BCUT2D eigenvalue weighted by Crippen LogP contribution is -2.49. The molecule has 0 spiro atoms. The molecule has 1 aliphatic rings. The number of carbonyl (C=O) groups is 2. The van der Waals surface area contributed by atoms with Crippen molar-refractivity contribution < 1.29 is 27.9 Å². The largest absolute Gasteiger partial charge is 0.478 e. The van der Waals surface area contributed by atoms with Crippen molar-refractivity contribution in [3.63, 3.8) is 0 Å². The van der Waals surface area contributed by atoms with Crippen LogP contribution in [0.3, 0.4) is 0 Å². The van der Waals surface area contributed by atoms with E-state index in [4.69, 9.17) is 5.11 Å².